The molecular formula is C33H40F2IN3O2. The lowest BCUT2D eigenvalue weighted by Crippen LogP contribution is -2.48. The molecule has 0 radical (unpaired) electrons. The van der Waals surface area contributed by atoms with Crippen molar-refractivity contribution in [2.45, 2.75) is 76.7 Å². The summed E-state index contributed by atoms with van der Waals surface area (Å²) in [7, 11) is 2.14. The van der Waals surface area contributed by atoms with Gasteiger partial charge < -0.3 is 15.7 Å². The van der Waals surface area contributed by atoms with E-state index in [4.69, 9.17) is 0 Å². The Bertz CT molecular complexity index is 1300. The minimum Gasteiger partial charge on any atom is -0.390 e. The molecule has 41 heavy (non-hydrogen) atoms. The highest BCUT2D eigenvalue weighted by Crippen LogP contribution is 2.23. The Morgan fingerprint density at radius 3 is 2.44 bits per heavy atom. The fraction of sp³-hybridized carbons (Fsp3) is 0.424. The largest absolute Gasteiger partial charge is 0.390 e. The molecule has 4 rings (SSSR count). The molecule has 1 aliphatic rings. The Balaban J connectivity index is 1.47. The molecule has 0 bridgehead atoms. The van der Waals surface area contributed by atoms with Crippen LogP contribution in [0.5, 0.6) is 0 Å². The number of hydrogen-bond donors (Lipinski definition) is 3. The smallest absolute Gasteiger partial charge is 0.251 e. The second-order valence-electron chi connectivity index (χ2n) is 11.3. The lowest BCUT2D eigenvalue weighted by molar-refractivity contribution is 0.0829. The van der Waals surface area contributed by atoms with Gasteiger partial charge in [-0.3, -0.25) is 9.69 Å². The topological polar surface area (TPSA) is 64.6 Å². The fourth-order valence-electron chi connectivity index (χ4n) is 5.70. The number of aliphatic hydroxyl groups excluding tert-OH is 1. The summed E-state index contributed by atoms with van der Waals surface area (Å²) >= 11 is 2.25. The normalized spacial score (nSPS) is 15.6. The highest BCUT2D eigenvalue weighted by Gasteiger charge is 2.24. The van der Waals surface area contributed by atoms with Gasteiger partial charge >= 0.3 is 0 Å². The molecule has 220 valence electrons. The third kappa shape index (κ3) is 9.84. The van der Waals surface area contributed by atoms with E-state index in [0.717, 1.165) is 32.9 Å². The van der Waals surface area contributed by atoms with E-state index in [1.807, 2.05) is 37.3 Å². The van der Waals surface area contributed by atoms with E-state index < -0.39 is 23.8 Å². The van der Waals surface area contributed by atoms with Crippen LogP contribution in [0.15, 0.2) is 60.7 Å². The van der Waals surface area contributed by atoms with Gasteiger partial charge in [-0.25, -0.2) is 8.78 Å². The van der Waals surface area contributed by atoms with Gasteiger partial charge in [-0.15, -0.1) is 0 Å². The van der Waals surface area contributed by atoms with Crippen LogP contribution in [-0.2, 0) is 19.5 Å². The van der Waals surface area contributed by atoms with Crippen molar-refractivity contribution in [1.82, 2.24) is 15.5 Å². The number of carbonyl (C=O) groups is 1. The molecule has 3 N–H and O–H groups in total. The maximum atomic E-state index is 14.0. The van der Waals surface area contributed by atoms with Crippen molar-refractivity contribution >= 4 is 28.5 Å². The molecular weight excluding hydrogens is 635 g/mol. The van der Waals surface area contributed by atoms with Gasteiger partial charge in [0.2, 0.25) is 0 Å². The van der Waals surface area contributed by atoms with Crippen LogP contribution in [0.1, 0.15) is 64.7 Å². The van der Waals surface area contributed by atoms with Gasteiger partial charge in [-0.2, -0.15) is 0 Å². The van der Waals surface area contributed by atoms with Crippen molar-refractivity contribution in [2.24, 2.45) is 0 Å². The molecule has 2 atom stereocenters. The Morgan fingerprint density at radius 2 is 1.73 bits per heavy atom. The number of nitrogens with one attached hydrogen (secondary N) is 2. The van der Waals surface area contributed by atoms with Crippen molar-refractivity contribution in [2.75, 3.05) is 13.6 Å². The van der Waals surface area contributed by atoms with E-state index in [-0.39, 0.29) is 18.9 Å². The summed E-state index contributed by atoms with van der Waals surface area (Å²) < 4.78 is 29.0. The Morgan fingerprint density at radius 1 is 1.00 bits per heavy atom. The van der Waals surface area contributed by atoms with Gasteiger partial charge in [0.1, 0.15) is 11.6 Å². The van der Waals surface area contributed by atoms with Gasteiger partial charge in [-0.05, 0) is 109 Å². The van der Waals surface area contributed by atoms with E-state index in [2.05, 4.69) is 57.3 Å². The maximum absolute atomic E-state index is 14.0. The zero-order valence-electron chi connectivity index (χ0n) is 23.8. The zero-order chi connectivity index (χ0) is 29.4. The lowest BCUT2D eigenvalue weighted by atomic mass is 9.94. The summed E-state index contributed by atoms with van der Waals surface area (Å²) in [5, 5.41) is 17.3. The second-order valence-corrected chi connectivity index (χ2v) is 12.5. The van der Waals surface area contributed by atoms with Gasteiger partial charge in [0.25, 0.3) is 5.91 Å². The van der Waals surface area contributed by atoms with Gasteiger partial charge in [0.15, 0.2) is 0 Å². The summed E-state index contributed by atoms with van der Waals surface area (Å²) in [5.74, 6) is -1.71. The molecule has 1 amide bonds. The fourth-order valence-corrected chi connectivity index (χ4v) is 6.30. The third-order valence-electron chi connectivity index (χ3n) is 7.76. The Labute approximate surface area is 255 Å². The van der Waals surface area contributed by atoms with E-state index in [0.29, 0.717) is 23.7 Å². The highest BCUT2D eigenvalue weighted by atomic mass is 127. The van der Waals surface area contributed by atoms with Crippen molar-refractivity contribution < 1.29 is 18.7 Å². The summed E-state index contributed by atoms with van der Waals surface area (Å²) in [6.45, 7) is 3.46. The molecule has 3 aromatic rings. The number of aliphatic hydroxyl groups is 1. The van der Waals surface area contributed by atoms with Gasteiger partial charge in [0.05, 0.1) is 12.1 Å². The molecule has 1 fully saturated rings. The standard InChI is InChI=1S/C33H40F2IN3O2/c1-22-11-25(21-39(2)30-9-4-3-5-10-30)13-26(12-22)33(41)38-31(17-24-14-27(34)18-28(35)15-24)32(40)20-37-19-23-7-6-8-29(36)16-23/h6-8,11-16,18,30-32,37,40H,3-5,9-10,17,19-21H2,1-2H3,(H,38,41)/t31-,32+/m0/s1. The van der Waals surface area contributed by atoms with Crippen LogP contribution in [0.4, 0.5) is 8.78 Å². The number of carbonyl (C=O) groups excluding carboxylic acids is 1. The number of aryl methyl sites for hydroxylation is 1. The molecule has 8 heteroatoms. The van der Waals surface area contributed by atoms with E-state index >= 15 is 0 Å². The number of amides is 1. The van der Waals surface area contributed by atoms with Crippen LogP contribution in [0.25, 0.3) is 0 Å². The number of halogens is 3. The summed E-state index contributed by atoms with van der Waals surface area (Å²) in [4.78, 5) is 15.9. The zero-order valence-corrected chi connectivity index (χ0v) is 26.0. The number of hydrogen-bond acceptors (Lipinski definition) is 4. The van der Waals surface area contributed by atoms with Crippen LogP contribution in [-0.4, -0.2) is 47.7 Å². The predicted octanol–water partition coefficient (Wildman–Crippen LogP) is 6.13. The molecule has 0 spiro atoms. The molecule has 1 aliphatic carbocycles. The second kappa shape index (κ2) is 15.2. The number of nitrogens with zero attached hydrogens (tertiary/aromatic N) is 1. The quantitative estimate of drug-likeness (QED) is 0.202. The van der Waals surface area contributed by atoms with Crippen LogP contribution in [0.3, 0.4) is 0 Å². The summed E-state index contributed by atoms with van der Waals surface area (Å²) in [5.41, 5.74) is 3.98. The lowest BCUT2D eigenvalue weighted by Gasteiger charge is -2.31. The minimum atomic E-state index is -0.991. The molecule has 1 saturated carbocycles. The molecule has 0 unspecified atom stereocenters. The Kier molecular flexibility index (Phi) is 11.7. The van der Waals surface area contributed by atoms with Crippen molar-refractivity contribution in [1.29, 1.82) is 0 Å². The van der Waals surface area contributed by atoms with E-state index in [1.165, 1.54) is 44.2 Å². The molecule has 3 aromatic carbocycles. The van der Waals surface area contributed by atoms with Gasteiger partial charge in [0, 0.05) is 40.9 Å². The molecule has 0 saturated heterocycles. The highest BCUT2D eigenvalue weighted by molar-refractivity contribution is 14.1. The Hall–Kier alpha value is -2.40. The molecule has 0 aliphatic heterocycles. The molecule has 0 heterocycles. The van der Waals surface area contributed by atoms with Crippen LogP contribution in [0.2, 0.25) is 0 Å². The first kappa shape index (κ1) is 31.5. The minimum absolute atomic E-state index is 0.0790. The number of rotatable bonds is 12. The monoisotopic (exact) mass is 675 g/mol. The van der Waals surface area contributed by atoms with Crippen molar-refractivity contribution in [3.05, 3.63) is 104 Å². The average Bonchev–Trinajstić information content (AvgIpc) is 2.92. The summed E-state index contributed by atoms with van der Waals surface area (Å²) in [6, 6.07) is 16.9. The molecule has 5 nitrogen and oxygen atoms in total. The van der Waals surface area contributed by atoms with Crippen LogP contribution in [0, 0.1) is 22.1 Å². The average molecular weight is 676 g/mol. The maximum Gasteiger partial charge on any atom is 0.251 e. The van der Waals surface area contributed by atoms with Gasteiger partial charge in [-0.1, -0.05) is 43.0 Å². The third-order valence-corrected chi connectivity index (χ3v) is 8.43. The summed E-state index contributed by atoms with van der Waals surface area (Å²) in [6.07, 6.45) is 5.31. The predicted molar refractivity (Wildman–Crippen MR) is 168 cm³/mol. The first-order valence-electron chi connectivity index (χ1n) is 14.4. The van der Waals surface area contributed by atoms with Crippen LogP contribution >= 0.6 is 22.6 Å². The first-order chi connectivity index (χ1) is 19.7. The first-order valence-corrected chi connectivity index (χ1v) is 15.4. The SMILES string of the molecule is Cc1cc(CN(C)C2CCCCC2)cc(C(=O)N[C@@H](Cc2cc(F)cc(F)c2)[C@H](O)CNCc2cccc(I)c2)c1. The van der Waals surface area contributed by atoms with Crippen LogP contribution < -0.4 is 10.6 Å². The molecule has 0 aromatic heterocycles. The van der Waals surface area contributed by atoms with E-state index in [9.17, 15) is 18.7 Å². The van der Waals surface area contributed by atoms with Crippen molar-refractivity contribution in [3.8, 4) is 0 Å². The number of benzene rings is 3. The van der Waals surface area contributed by atoms with Crippen molar-refractivity contribution in [3.63, 3.8) is 0 Å². The van der Waals surface area contributed by atoms with E-state index in [1.54, 1.807) is 0 Å².